The highest BCUT2D eigenvalue weighted by atomic mass is 16.6. The maximum absolute atomic E-state index is 11.4. The van der Waals surface area contributed by atoms with E-state index >= 15 is 0 Å². The van der Waals surface area contributed by atoms with Crippen LogP contribution in [0.5, 0.6) is 0 Å². The van der Waals surface area contributed by atoms with E-state index in [1.165, 1.54) is 0 Å². The van der Waals surface area contributed by atoms with Crippen LogP contribution in [0, 0.1) is 0 Å². The number of hydrogen-bond acceptors (Lipinski definition) is 4. The van der Waals surface area contributed by atoms with Gasteiger partial charge in [0.15, 0.2) is 0 Å². The Morgan fingerprint density at radius 1 is 1.35 bits per heavy atom. The number of alkyl carbamates (subject to hydrolysis) is 1. The molecule has 0 aliphatic rings. The molecule has 0 aromatic rings. The molecule has 1 amide bonds. The van der Waals surface area contributed by atoms with E-state index in [-0.39, 0.29) is 6.10 Å². The first-order chi connectivity index (χ1) is 7.78. The minimum atomic E-state index is -0.570. The van der Waals surface area contributed by atoms with Crippen molar-refractivity contribution in [2.75, 3.05) is 7.11 Å². The van der Waals surface area contributed by atoms with Gasteiger partial charge >= 0.3 is 6.09 Å². The lowest BCUT2D eigenvalue weighted by Crippen LogP contribution is -2.40. The molecule has 1 N–H and O–H groups in total. The van der Waals surface area contributed by atoms with Crippen LogP contribution in [0.3, 0.4) is 0 Å². The lowest BCUT2D eigenvalue weighted by atomic mass is 10.1. The van der Waals surface area contributed by atoms with E-state index in [2.05, 4.69) is 5.32 Å². The number of aldehydes is 1. The molecule has 0 aromatic carbocycles. The summed E-state index contributed by atoms with van der Waals surface area (Å²) in [6.07, 6.45) is 1.46. The third-order valence-electron chi connectivity index (χ3n) is 2.15. The number of methoxy groups -OCH3 is 1. The summed E-state index contributed by atoms with van der Waals surface area (Å²) < 4.78 is 10.1. The Hall–Kier alpha value is -1.10. The van der Waals surface area contributed by atoms with E-state index in [9.17, 15) is 9.59 Å². The summed E-state index contributed by atoms with van der Waals surface area (Å²) in [5.74, 6) is 0. The third kappa shape index (κ3) is 8.68. The molecule has 0 rings (SSSR count). The van der Waals surface area contributed by atoms with Gasteiger partial charge in [-0.2, -0.15) is 0 Å². The van der Waals surface area contributed by atoms with Gasteiger partial charge in [0.1, 0.15) is 11.9 Å². The third-order valence-corrected chi connectivity index (χ3v) is 2.15. The SMILES string of the molecule is COC(C)CCC(C=O)NC(=O)OC(C)(C)C. The van der Waals surface area contributed by atoms with E-state index in [4.69, 9.17) is 9.47 Å². The molecule has 0 saturated heterocycles. The number of carbonyl (C=O) groups excluding carboxylic acids is 2. The highest BCUT2D eigenvalue weighted by molar-refractivity contribution is 5.73. The lowest BCUT2D eigenvalue weighted by molar-refractivity contribution is -0.109. The fourth-order valence-corrected chi connectivity index (χ4v) is 1.17. The molecule has 0 aliphatic carbocycles. The number of carbonyl (C=O) groups is 2. The van der Waals surface area contributed by atoms with Gasteiger partial charge in [0.25, 0.3) is 0 Å². The zero-order valence-corrected chi connectivity index (χ0v) is 11.3. The topological polar surface area (TPSA) is 64.6 Å². The predicted octanol–water partition coefficient (Wildman–Crippen LogP) is 1.89. The average molecular weight is 245 g/mol. The molecule has 0 radical (unpaired) electrons. The van der Waals surface area contributed by atoms with E-state index < -0.39 is 17.7 Å². The highest BCUT2D eigenvalue weighted by Crippen LogP contribution is 2.08. The van der Waals surface area contributed by atoms with Gasteiger partial charge < -0.3 is 19.6 Å². The van der Waals surface area contributed by atoms with Crippen molar-refractivity contribution in [3.8, 4) is 0 Å². The number of ether oxygens (including phenoxy) is 2. The van der Waals surface area contributed by atoms with Crippen molar-refractivity contribution in [1.82, 2.24) is 5.32 Å². The van der Waals surface area contributed by atoms with E-state index in [1.807, 2.05) is 6.92 Å². The van der Waals surface area contributed by atoms with Gasteiger partial charge in [0.2, 0.25) is 0 Å². The van der Waals surface area contributed by atoms with Crippen LogP contribution < -0.4 is 5.32 Å². The van der Waals surface area contributed by atoms with Crippen molar-refractivity contribution in [2.45, 2.75) is 58.3 Å². The minimum absolute atomic E-state index is 0.0675. The molecule has 100 valence electrons. The van der Waals surface area contributed by atoms with Gasteiger partial charge in [-0.05, 0) is 40.5 Å². The molecule has 0 bridgehead atoms. The summed E-state index contributed by atoms with van der Waals surface area (Å²) in [5, 5.41) is 2.52. The molecule has 0 aromatic heterocycles. The van der Waals surface area contributed by atoms with Crippen molar-refractivity contribution < 1.29 is 19.1 Å². The van der Waals surface area contributed by atoms with Gasteiger partial charge in [-0.3, -0.25) is 0 Å². The van der Waals surface area contributed by atoms with Crippen LogP contribution in [0.2, 0.25) is 0 Å². The molecule has 0 fully saturated rings. The lowest BCUT2D eigenvalue weighted by Gasteiger charge is -2.21. The minimum Gasteiger partial charge on any atom is -0.444 e. The van der Waals surface area contributed by atoms with E-state index in [0.29, 0.717) is 19.1 Å². The zero-order chi connectivity index (χ0) is 13.5. The van der Waals surface area contributed by atoms with Crippen LogP contribution >= 0.6 is 0 Å². The van der Waals surface area contributed by atoms with Crippen molar-refractivity contribution >= 4 is 12.4 Å². The second-order valence-corrected chi connectivity index (χ2v) is 5.01. The zero-order valence-electron chi connectivity index (χ0n) is 11.3. The monoisotopic (exact) mass is 245 g/mol. The fourth-order valence-electron chi connectivity index (χ4n) is 1.17. The van der Waals surface area contributed by atoms with Crippen molar-refractivity contribution in [1.29, 1.82) is 0 Å². The summed E-state index contributed by atoms with van der Waals surface area (Å²) in [6.45, 7) is 7.23. The largest absolute Gasteiger partial charge is 0.444 e. The van der Waals surface area contributed by atoms with Gasteiger partial charge in [-0.15, -0.1) is 0 Å². The standard InChI is InChI=1S/C12H23NO4/c1-9(16-5)6-7-10(8-14)13-11(15)17-12(2,3)4/h8-10H,6-7H2,1-5H3,(H,13,15). The van der Waals surface area contributed by atoms with Crippen LogP contribution in [0.15, 0.2) is 0 Å². The Labute approximate surface area is 103 Å². The summed E-state index contributed by atoms with van der Waals surface area (Å²) in [5.41, 5.74) is -0.558. The van der Waals surface area contributed by atoms with Crippen LogP contribution in [0.4, 0.5) is 4.79 Å². The summed E-state index contributed by atoms with van der Waals surface area (Å²) in [7, 11) is 1.61. The van der Waals surface area contributed by atoms with Gasteiger partial charge in [0.05, 0.1) is 12.1 Å². The predicted molar refractivity (Wildman–Crippen MR) is 64.9 cm³/mol. The molecular formula is C12H23NO4. The van der Waals surface area contributed by atoms with Crippen molar-refractivity contribution in [3.63, 3.8) is 0 Å². The van der Waals surface area contributed by atoms with Crippen LogP contribution in [-0.2, 0) is 14.3 Å². The average Bonchev–Trinajstić information content (AvgIpc) is 2.20. The molecule has 0 spiro atoms. The molecule has 17 heavy (non-hydrogen) atoms. The van der Waals surface area contributed by atoms with Crippen LogP contribution in [-0.4, -0.2) is 37.2 Å². The number of nitrogens with one attached hydrogen (secondary N) is 1. The Morgan fingerprint density at radius 2 is 1.94 bits per heavy atom. The quantitative estimate of drug-likeness (QED) is 0.726. The molecule has 0 saturated carbocycles. The molecule has 2 unspecified atom stereocenters. The molecular weight excluding hydrogens is 222 g/mol. The summed E-state index contributed by atoms with van der Waals surface area (Å²) >= 11 is 0. The Balaban J connectivity index is 4.04. The van der Waals surface area contributed by atoms with Crippen molar-refractivity contribution in [3.05, 3.63) is 0 Å². The summed E-state index contributed by atoms with van der Waals surface area (Å²) in [6, 6.07) is -0.526. The van der Waals surface area contributed by atoms with Crippen LogP contribution in [0.25, 0.3) is 0 Å². The van der Waals surface area contributed by atoms with E-state index in [1.54, 1.807) is 27.9 Å². The Morgan fingerprint density at radius 3 is 2.35 bits per heavy atom. The number of rotatable bonds is 6. The Kier molecular flexibility index (Phi) is 6.80. The maximum atomic E-state index is 11.4. The molecule has 0 heterocycles. The molecule has 5 nitrogen and oxygen atoms in total. The van der Waals surface area contributed by atoms with E-state index in [0.717, 1.165) is 0 Å². The highest BCUT2D eigenvalue weighted by Gasteiger charge is 2.19. The number of hydrogen-bond donors (Lipinski definition) is 1. The van der Waals surface area contributed by atoms with Crippen LogP contribution in [0.1, 0.15) is 40.5 Å². The van der Waals surface area contributed by atoms with Crippen molar-refractivity contribution in [2.24, 2.45) is 0 Å². The molecule has 0 aliphatic heterocycles. The molecule has 2 atom stereocenters. The first-order valence-corrected chi connectivity index (χ1v) is 5.76. The normalized spacial score (nSPS) is 14.9. The molecule has 5 heteroatoms. The number of amides is 1. The van der Waals surface area contributed by atoms with Gasteiger partial charge in [-0.1, -0.05) is 0 Å². The van der Waals surface area contributed by atoms with Gasteiger partial charge in [-0.25, -0.2) is 4.79 Å². The second-order valence-electron chi connectivity index (χ2n) is 5.01. The first-order valence-electron chi connectivity index (χ1n) is 5.76. The smallest absolute Gasteiger partial charge is 0.408 e. The second kappa shape index (κ2) is 7.27. The first kappa shape index (κ1) is 15.9. The maximum Gasteiger partial charge on any atom is 0.408 e. The Bertz CT molecular complexity index is 247. The van der Waals surface area contributed by atoms with Gasteiger partial charge in [0, 0.05) is 7.11 Å². The fraction of sp³-hybridized carbons (Fsp3) is 0.833. The summed E-state index contributed by atoms with van der Waals surface area (Å²) in [4.78, 5) is 22.2.